The first kappa shape index (κ1) is 18.4. The van der Waals surface area contributed by atoms with Crippen LogP contribution in [-0.4, -0.2) is 39.8 Å². The first-order chi connectivity index (χ1) is 10.5. The molecule has 0 radical (unpaired) electrons. The zero-order valence-corrected chi connectivity index (χ0v) is 14.3. The number of nitrogens with zero attached hydrogens (tertiary/aromatic N) is 1. The highest BCUT2D eigenvalue weighted by molar-refractivity contribution is 7.89. The molecule has 0 saturated heterocycles. The van der Waals surface area contributed by atoms with E-state index in [2.05, 4.69) is 39.4 Å². The summed E-state index contributed by atoms with van der Waals surface area (Å²) in [7, 11) is -3.14. The van der Waals surface area contributed by atoms with Crippen molar-refractivity contribution in [3.8, 4) is 0 Å². The van der Waals surface area contributed by atoms with E-state index in [1.807, 2.05) is 19.1 Å². The van der Waals surface area contributed by atoms with Gasteiger partial charge in [0.25, 0.3) is 0 Å². The van der Waals surface area contributed by atoms with Gasteiger partial charge in [-0.25, -0.2) is 18.1 Å². The molecule has 0 aliphatic heterocycles. The van der Waals surface area contributed by atoms with Crippen LogP contribution in [0.25, 0.3) is 0 Å². The lowest BCUT2D eigenvalue weighted by atomic mass is 10.1. The third-order valence-electron chi connectivity index (χ3n) is 3.13. The van der Waals surface area contributed by atoms with Gasteiger partial charge in [0.05, 0.1) is 12.3 Å². The Balaban J connectivity index is 2.51. The molecule has 0 aliphatic carbocycles. The van der Waals surface area contributed by atoms with Gasteiger partial charge in [0.2, 0.25) is 10.0 Å². The molecule has 0 amide bonds. The lowest BCUT2D eigenvalue weighted by molar-refractivity contribution is 0.582. The lowest BCUT2D eigenvalue weighted by Gasteiger charge is -2.12. The Hall–Kier alpha value is -1.60. The van der Waals surface area contributed by atoms with Crippen LogP contribution in [0.15, 0.2) is 29.3 Å². The number of hydrogen-bond donors (Lipinski definition) is 3. The molecular weight excluding hydrogens is 300 g/mol. The van der Waals surface area contributed by atoms with Crippen LogP contribution in [0.4, 0.5) is 0 Å². The van der Waals surface area contributed by atoms with Crippen LogP contribution >= 0.6 is 0 Å². The number of aryl methyl sites for hydroxylation is 1. The van der Waals surface area contributed by atoms with Crippen molar-refractivity contribution in [3.63, 3.8) is 0 Å². The predicted molar refractivity (Wildman–Crippen MR) is 91.5 cm³/mol. The lowest BCUT2D eigenvalue weighted by Crippen LogP contribution is -2.41. The Morgan fingerprint density at radius 2 is 1.86 bits per heavy atom. The SMILES string of the molecule is CCNC(=NCc1ccccc1C)NCCNS(=O)(=O)CC. The molecule has 0 spiro atoms. The van der Waals surface area contributed by atoms with Gasteiger partial charge in [0, 0.05) is 19.6 Å². The molecule has 0 heterocycles. The van der Waals surface area contributed by atoms with Crippen molar-refractivity contribution in [2.45, 2.75) is 27.3 Å². The Kier molecular flexibility index (Phi) is 7.90. The fourth-order valence-electron chi connectivity index (χ4n) is 1.78. The van der Waals surface area contributed by atoms with Crippen molar-refractivity contribution < 1.29 is 8.42 Å². The van der Waals surface area contributed by atoms with E-state index in [-0.39, 0.29) is 5.75 Å². The standard InChI is InChI=1S/C15H26N4O2S/c1-4-16-15(17-10-11-19-22(20,21)5-2)18-12-14-9-7-6-8-13(14)3/h6-9,19H,4-5,10-12H2,1-3H3,(H2,16,17,18). The van der Waals surface area contributed by atoms with Gasteiger partial charge in [-0.3, -0.25) is 0 Å². The molecule has 6 nitrogen and oxygen atoms in total. The Morgan fingerprint density at radius 3 is 2.50 bits per heavy atom. The summed E-state index contributed by atoms with van der Waals surface area (Å²) >= 11 is 0. The topological polar surface area (TPSA) is 82.6 Å². The van der Waals surface area contributed by atoms with Crippen LogP contribution in [-0.2, 0) is 16.6 Å². The fourth-order valence-corrected chi connectivity index (χ4v) is 2.40. The zero-order chi connectivity index (χ0) is 16.4. The number of rotatable bonds is 8. The van der Waals surface area contributed by atoms with E-state index in [9.17, 15) is 8.42 Å². The minimum Gasteiger partial charge on any atom is -0.357 e. The summed E-state index contributed by atoms with van der Waals surface area (Å²) in [5, 5.41) is 6.26. The van der Waals surface area contributed by atoms with E-state index in [0.717, 1.165) is 6.54 Å². The van der Waals surface area contributed by atoms with Crippen LogP contribution in [0.2, 0.25) is 0 Å². The second kappa shape index (κ2) is 9.42. The monoisotopic (exact) mass is 326 g/mol. The second-order valence-corrected chi connectivity index (χ2v) is 6.94. The molecule has 0 fully saturated rings. The predicted octanol–water partition coefficient (Wildman–Crippen LogP) is 0.989. The summed E-state index contributed by atoms with van der Waals surface area (Å²) in [6.45, 7) is 7.83. The van der Waals surface area contributed by atoms with Crippen LogP contribution in [0.1, 0.15) is 25.0 Å². The maximum atomic E-state index is 11.3. The van der Waals surface area contributed by atoms with Crippen molar-refractivity contribution in [2.24, 2.45) is 4.99 Å². The summed E-state index contributed by atoms with van der Waals surface area (Å²) < 4.78 is 25.2. The third-order valence-corrected chi connectivity index (χ3v) is 4.54. The van der Waals surface area contributed by atoms with Gasteiger partial charge < -0.3 is 10.6 Å². The molecule has 0 atom stereocenters. The summed E-state index contributed by atoms with van der Waals surface area (Å²) in [4.78, 5) is 4.52. The van der Waals surface area contributed by atoms with E-state index < -0.39 is 10.0 Å². The van der Waals surface area contributed by atoms with Crippen molar-refractivity contribution in [3.05, 3.63) is 35.4 Å². The molecule has 7 heteroatoms. The van der Waals surface area contributed by atoms with Crippen molar-refractivity contribution in [2.75, 3.05) is 25.4 Å². The van der Waals surface area contributed by atoms with Gasteiger partial charge in [-0.2, -0.15) is 0 Å². The fraction of sp³-hybridized carbons (Fsp3) is 0.533. The minimum atomic E-state index is -3.14. The highest BCUT2D eigenvalue weighted by atomic mass is 32.2. The molecule has 0 unspecified atom stereocenters. The van der Waals surface area contributed by atoms with Crippen molar-refractivity contribution in [1.29, 1.82) is 0 Å². The number of guanidine groups is 1. The largest absolute Gasteiger partial charge is 0.357 e. The highest BCUT2D eigenvalue weighted by Crippen LogP contribution is 2.07. The van der Waals surface area contributed by atoms with Gasteiger partial charge in [0.15, 0.2) is 5.96 Å². The Morgan fingerprint density at radius 1 is 1.14 bits per heavy atom. The van der Waals surface area contributed by atoms with E-state index >= 15 is 0 Å². The molecule has 1 aromatic carbocycles. The maximum Gasteiger partial charge on any atom is 0.211 e. The van der Waals surface area contributed by atoms with Gasteiger partial charge >= 0.3 is 0 Å². The first-order valence-electron chi connectivity index (χ1n) is 7.52. The molecule has 1 aromatic rings. The minimum absolute atomic E-state index is 0.0917. The molecule has 0 aliphatic rings. The average molecular weight is 326 g/mol. The zero-order valence-electron chi connectivity index (χ0n) is 13.5. The van der Waals surface area contributed by atoms with E-state index in [0.29, 0.717) is 25.6 Å². The van der Waals surface area contributed by atoms with Crippen LogP contribution < -0.4 is 15.4 Å². The molecule has 0 aromatic heterocycles. The van der Waals surface area contributed by atoms with E-state index in [1.54, 1.807) is 6.92 Å². The number of aliphatic imine (C=N–C) groups is 1. The molecule has 0 saturated carbocycles. The number of benzene rings is 1. The number of nitrogens with one attached hydrogen (secondary N) is 3. The molecular formula is C15H26N4O2S. The molecule has 1 rings (SSSR count). The summed E-state index contributed by atoms with van der Waals surface area (Å²) in [5.74, 6) is 0.774. The Bertz CT molecular complexity index is 585. The van der Waals surface area contributed by atoms with Crippen molar-refractivity contribution >= 4 is 16.0 Å². The molecule has 0 bridgehead atoms. The second-order valence-electron chi connectivity index (χ2n) is 4.85. The summed E-state index contributed by atoms with van der Waals surface area (Å²) in [6.07, 6.45) is 0. The van der Waals surface area contributed by atoms with Crippen LogP contribution in [0.3, 0.4) is 0 Å². The van der Waals surface area contributed by atoms with Crippen LogP contribution in [0.5, 0.6) is 0 Å². The van der Waals surface area contributed by atoms with E-state index in [4.69, 9.17) is 0 Å². The maximum absolute atomic E-state index is 11.3. The molecule has 22 heavy (non-hydrogen) atoms. The first-order valence-corrected chi connectivity index (χ1v) is 9.17. The van der Waals surface area contributed by atoms with Crippen molar-refractivity contribution in [1.82, 2.24) is 15.4 Å². The van der Waals surface area contributed by atoms with E-state index in [1.165, 1.54) is 11.1 Å². The number of hydrogen-bond acceptors (Lipinski definition) is 3. The average Bonchev–Trinajstić information content (AvgIpc) is 2.50. The summed E-state index contributed by atoms with van der Waals surface area (Å²) in [6, 6.07) is 8.12. The van der Waals surface area contributed by atoms with Crippen LogP contribution in [0, 0.1) is 6.92 Å². The Labute approximate surface area is 133 Å². The smallest absolute Gasteiger partial charge is 0.211 e. The normalized spacial score (nSPS) is 12.2. The van der Waals surface area contributed by atoms with Gasteiger partial charge in [-0.1, -0.05) is 24.3 Å². The number of sulfonamides is 1. The molecule has 3 N–H and O–H groups in total. The summed E-state index contributed by atoms with van der Waals surface area (Å²) in [5.41, 5.74) is 2.38. The molecule has 124 valence electrons. The third kappa shape index (κ3) is 6.91. The highest BCUT2D eigenvalue weighted by Gasteiger charge is 2.05. The van der Waals surface area contributed by atoms with Gasteiger partial charge in [0.1, 0.15) is 0 Å². The van der Waals surface area contributed by atoms with Gasteiger partial charge in [-0.15, -0.1) is 0 Å². The quantitative estimate of drug-likeness (QED) is 0.378. The van der Waals surface area contributed by atoms with Gasteiger partial charge in [-0.05, 0) is 31.9 Å².